The second-order valence-electron chi connectivity index (χ2n) is 10.1. The molecule has 5 nitrogen and oxygen atoms in total. The summed E-state index contributed by atoms with van der Waals surface area (Å²) in [6.45, 7) is 10.6. The highest BCUT2D eigenvalue weighted by molar-refractivity contribution is 7.10. The van der Waals surface area contributed by atoms with Crippen LogP contribution >= 0.6 is 11.3 Å². The predicted octanol–water partition coefficient (Wildman–Crippen LogP) is 5.28. The Hall–Kier alpha value is -2.18. The van der Waals surface area contributed by atoms with Gasteiger partial charge in [0.15, 0.2) is 0 Å². The van der Waals surface area contributed by atoms with E-state index >= 15 is 0 Å². The number of benzene rings is 1. The Labute approximate surface area is 215 Å². The minimum absolute atomic E-state index is 0.125. The lowest BCUT2D eigenvalue weighted by atomic mass is 9.90. The average Bonchev–Trinajstić information content (AvgIpc) is 3.20. The number of unbranched alkanes of at least 4 members (excludes halogenated alkanes) is 1. The molecular formula is C29H41N3O2S. The summed E-state index contributed by atoms with van der Waals surface area (Å²) in [6, 6.07) is 10.9. The number of rotatable bonds is 8. The van der Waals surface area contributed by atoms with Crippen molar-refractivity contribution in [2.45, 2.75) is 65.3 Å². The van der Waals surface area contributed by atoms with Gasteiger partial charge in [-0.1, -0.05) is 51.0 Å². The second kappa shape index (κ2) is 12.2. The molecule has 0 radical (unpaired) electrons. The molecular weight excluding hydrogens is 454 g/mol. The lowest BCUT2D eigenvalue weighted by Gasteiger charge is -2.37. The molecule has 1 saturated heterocycles. The summed E-state index contributed by atoms with van der Waals surface area (Å²) < 4.78 is 0. The molecule has 1 fully saturated rings. The zero-order valence-corrected chi connectivity index (χ0v) is 22.5. The first-order chi connectivity index (χ1) is 17.0. The van der Waals surface area contributed by atoms with Gasteiger partial charge in [0.25, 0.3) is 0 Å². The summed E-state index contributed by atoms with van der Waals surface area (Å²) in [5, 5.41) is 2.19. The molecule has 0 N–H and O–H groups in total. The lowest BCUT2D eigenvalue weighted by molar-refractivity contribution is -0.137. The molecule has 0 bridgehead atoms. The molecule has 35 heavy (non-hydrogen) atoms. The molecule has 6 heteroatoms. The Bertz CT molecular complexity index is 1000. The highest BCUT2D eigenvalue weighted by atomic mass is 32.1. The van der Waals surface area contributed by atoms with E-state index in [1.807, 2.05) is 21.1 Å². The molecule has 0 aliphatic carbocycles. The number of nitrogens with zero attached hydrogens (tertiary/aromatic N) is 3. The van der Waals surface area contributed by atoms with Gasteiger partial charge in [-0.3, -0.25) is 14.5 Å². The predicted molar refractivity (Wildman–Crippen MR) is 144 cm³/mol. The number of carbonyl (C=O) groups is 2. The van der Waals surface area contributed by atoms with Crippen LogP contribution in [0.15, 0.2) is 35.7 Å². The van der Waals surface area contributed by atoms with E-state index in [2.05, 4.69) is 61.4 Å². The molecule has 2 aromatic rings. The largest absolute Gasteiger partial charge is 0.341 e. The monoisotopic (exact) mass is 495 g/mol. The van der Waals surface area contributed by atoms with E-state index in [4.69, 9.17) is 0 Å². The van der Waals surface area contributed by atoms with Crippen LogP contribution in [0.25, 0.3) is 0 Å². The van der Waals surface area contributed by atoms with E-state index in [1.165, 1.54) is 21.6 Å². The van der Waals surface area contributed by atoms with Crippen molar-refractivity contribution in [2.75, 3.05) is 39.3 Å². The topological polar surface area (TPSA) is 43.9 Å². The molecule has 1 aromatic heterocycles. The molecule has 0 saturated carbocycles. The SMILES string of the molecule is CCCC[C@@H](CC)C(=O)N1CCCN(C(=O)CN2CCc3sccc3[C@@H]2c2ccccc2C)CC1. The summed E-state index contributed by atoms with van der Waals surface area (Å²) in [5.74, 6) is 0.602. The maximum Gasteiger partial charge on any atom is 0.236 e. The Kier molecular flexibility index (Phi) is 9.01. The quantitative estimate of drug-likeness (QED) is 0.500. The normalized spacial score (nSPS) is 19.8. The fourth-order valence-corrected chi connectivity index (χ4v) is 6.57. The van der Waals surface area contributed by atoms with E-state index in [9.17, 15) is 9.59 Å². The zero-order valence-electron chi connectivity index (χ0n) is 21.7. The van der Waals surface area contributed by atoms with Crippen molar-refractivity contribution < 1.29 is 9.59 Å². The molecule has 1 aromatic carbocycles. The molecule has 2 aliphatic heterocycles. The van der Waals surface area contributed by atoms with Gasteiger partial charge < -0.3 is 9.80 Å². The molecule has 3 heterocycles. The van der Waals surface area contributed by atoms with Gasteiger partial charge in [-0.25, -0.2) is 0 Å². The third-order valence-electron chi connectivity index (χ3n) is 7.80. The number of amides is 2. The third kappa shape index (κ3) is 5.97. The van der Waals surface area contributed by atoms with Gasteiger partial charge in [0.2, 0.25) is 11.8 Å². The van der Waals surface area contributed by atoms with Crippen LogP contribution < -0.4 is 0 Å². The minimum atomic E-state index is 0.125. The number of thiophene rings is 1. The Morgan fingerprint density at radius 3 is 2.54 bits per heavy atom. The van der Waals surface area contributed by atoms with Gasteiger partial charge >= 0.3 is 0 Å². The first-order valence-electron chi connectivity index (χ1n) is 13.5. The molecule has 2 atom stereocenters. The van der Waals surface area contributed by atoms with E-state index in [-0.39, 0.29) is 23.8 Å². The second-order valence-corrected chi connectivity index (χ2v) is 11.1. The van der Waals surface area contributed by atoms with Gasteiger partial charge in [0.05, 0.1) is 12.6 Å². The van der Waals surface area contributed by atoms with Crippen LogP contribution in [0.1, 0.15) is 73.6 Å². The highest BCUT2D eigenvalue weighted by Gasteiger charge is 2.33. The minimum Gasteiger partial charge on any atom is -0.341 e. The number of carbonyl (C=O) groups excluding carboxylic acids is 2. The van der Waals surface area contributed by atoms with Crippen LogP contribution in [-0.4, -0.2) is 65.8 Å². The van der Waals surface area contributed by atoms with E-state index < -0.39 is 0 Å². The van der Waals surface area contributed by atoms with Gasteiger partial charge in [-0.15, -0.1) is 11.3 Å². The summed E-state index contributed by atoms with van der Waals surface area (Å²) in [4.78, 5) is 34.5. The Balaban J connectivity index is 1.43. The van der Waals surface area contributed by atoms with Crippen molar-refractivity contribution in [3.05, 3.63) is 57.3 Å². The third-order valence-corrected chi connectivity index (χ3v) is 8.79. The number of hydrogen-bond donors (Lipinski definition) is 0. The zero-order chi connectivity index (χ0) is 24.8. The standard InChI is InChI=1S/C29H41N3O2S/c1-4-6-11-23(5-2)29(34)31-16-9-15-30(18-19-31)27(33)21-32-17-13-26-25(14-20-35-26)28(32)24-12-8-7-10-22(24)3/h7-8,10,12,14,20,23,28H,4-6,9,11,13,15-19,21H2,1-3H3/t23-,28+/m1/s1. The maximum atomic E-state index is 13.5. The highest BCUT2D eigenvalue weighted by Crippen LogP contribution is 2.38. The molecule has 0 unspecified atom stereocenters. The van der Waals surface area contributed by atoms with Crippen molar-refractivity contribution in [3.63, 3.8) is 0 Å². The molecule has 4 rings (SSSR count). The Morgan fingerprint density at radius 2 is 1.77 bits per heavy atom. The van der Waals surface area contributed by atoms with Crippen molar-refractivity contribution in [2.24, 2.45) is 5.92 Å². The fraction of sp³-hybridized carbons (Fsp3) is 0.586. The molecule has 2 amide bonds. The molecule has 2 aliphatic rings. The van der Waals surface area contributed by atoms with Gasteiger partial charge in [0.1, 0.15) is 0 Å². The molecule has 0 spiro atoms. The maximum absolute atomic E-state index is 13.5. The summed E-state index contributed by atoms with van der Waals surface area (Å²) in [6.07, 6.45) is 5.96. The number of aryl methyl sites for hydroxylation is 1. The van der Waals surface area contributed by atoms with Crippen LogP contribution in [0.4, 0.5) is 0 Å². The smallest absolute Gasteiger partial charge is 0.236 e. The fourth-order valence-electron chi connectivity index (χ4n) is 5.67. The van der Waals surface area contributed by atoms with Crippen LogP contribution in [0, 0.1) is 12.8 Å². The molecule has 190 valence electrons. The van der Waals surface area contributed by atoms with Crippen LogP contribution in [0.2, 0.25) is 0 Å². The van der Waals surface area contributed by atoms with E-state index in [0.29, 0.717) is 19.6 Å². The summed E-state index contributed by atoms with van der Waals surface area (Å²) in [7, 11) is 0. The van der Waals surface area contributed by atoms with Crippen LogP contribution in [-0.2, 0) is 16.0 Å². The van der Waals surface area contributed by atoms with Gasteiger partial charge in [-0.2, -0.15) is 0 Å². The van der Waals surface area contributed by atoms with Crippen LogP contribution in [0.5, 0.6) is 0 Å². The first kappa shape index (κ1) is 25.9. The number of fused-ring (bicyclic) bond motifs is 1. The first-order valence-corrected chi connectivity index (χ1v) is 14.3. The van der Waals surface area contributed by atoms with Crippen molar-refractivity contribution in [3.8, 4) is 0 Å². The summed E-state index contributed by atoms with van der Waals surface area (Å²) >= 11 is 1.83. The van der Waals surface area contributed by atoms with Crippen molar-refractivity contribution in [1.29, 1.82) is 0 Å². The number of hydrogen-bond acceptors (Lipinski definition) is 4. The average molecular weight is 496 g/mol. The van der Waals surface area contributed by atoms with Crippen molar-refractivity contribution >= 4 is 23.2 Å². The lowest BCUT2D eigenvalue weighted by Crippen LogP contribution is -2.46. The Morgan fingerprint density at radius 1 is 1.00 bits per heavy atom. The van der Waals surface area contributed by atoms with E-state index in [1.54, 1.807) is 0 Å². The van der Waals surface area contributed by atoms with Crippen LogP contribution in [0.3, 0.4) is 0 Å². The summed E-state index contributed by atoms with van der Waals surface area (Å²) in [5.41, 5.74) is 3.92. The van der Waals surface area contributed by atoms with Gasteiger partial charge in [-0.05, 0) is 60.7 Å². The van der Waals surface area contributed by atoms with Gasteiger partial charge in [0, 0.05) is 43.5 Å². The van der Waals surface area contributed by atoms with E-state index in [0.717, 1.165) is 58.2 Å². The van der Waals surface area contributed by atoms with Crippen molar-refractivity contribution in [1.82, 2.24) is 14.7 Å².